The number of hydrogen-bond donors (Lipinski definition) is 2. The average Bonchev–Trinajstić information content (AvgIpc) is 2.81. The molecule has 2 aromatic carbocycles. The Morgan fingerprint density at radius 3 is 2.48 bits per heavy atom. The molecule has 0 saturated carbocycles. The molecule has 0 fully saturated rings. The van der Waals surface area contributed by atoms with Crippen LogP contribution in [0.5, 0.6) is 5.75 Å². The maximum atomic E-state index is 12.7. The van der Waals surface area contributed by atoms with E-state index in [1.54, 1.807) is 24.7 Å². The van der Waals surface area contributed by atoms with E-state index in [0.717, 1.165) is 22.3 Å². The molecule has 0 aliphatic carbocycles. The lowest BCUT2D eigenvalue weighted by Crippen LogP contribution is -2.21. The van der Waals surface area contributed by atoms with Crippen LogP contribution in [0.3, 0.4) is 0 Å². The third-order valence-electron chi connectivity index (χ3n) is 4.75. The Morgan fingerprint density at radius 1 is 0.935 bits per heavy atom. The summed E-state index contributed by atoms with van der Waals surface area (Å²) >= 11 is 0. The van der Waals surface area contributed by atoms with Crippen molar-refractivity contribution in [3.8, 4) is 16.9 Å². The third kappa shape index (κ3) is 5.25. The van der Waals surface area contributed by atoms with Gasteiger partial charge in [-0.05, 0) is 35.4 Å². The number of carbonyl (C=O) groups excluding carboxylic acids is 1. The van der Waals surface area contributed by atoms with Gasteiger partial charge in [-0.25, -0.2) is 0 Å². The van der Waals surface area contributed by atoms with E-state index < -0.39 is 0 Å². The average molecular weight is 411 g/mol. The largest absolute Gasteiger partial charge is 0.489 e. The number of carbonyl (C=O) groups is 1. The molecule has 31 heavy (non-hydrogen) atoms. The van der Waals surface area contributed by atoms with Gasteiger partial charge in [0, 0.05) is 29.7 Å². The lowest BCUT2D eigenvalue weighted by atomic mass is 10.1. The fraction of sp³-hybridized carbons (Fsp3) is 0.0800. The van der Waals surface area contributed by atoms with E-state index in [9.17, 15) is 9.59 Å². The molecule has 154 valence electrons. The minimum atomic E-state index is -0.361. The second kappa shape index (κ2) is 9.54. The number of ether oxygens (including phenoxy) is 1. The van der Waals surface area contributed by atoms with Gasteiger partial charge in [-0.15, -0.1) is 0 Å². The summed E-state index contributed by atoms with van der Waals surface area (Å²) in [4.78, 5) is 31.6. The number of aromatic amines is 1. The van der Waals surface area contributed by atoms with E-state index in [1.165, 1.54) is 0 Å². The molecule has 2 heterocycles. The normalized spacial score (nSPS) is 10.5. The van der Waals surface area contributed by atoms with Gasteiger partial charge in [0.05, 0.1) is 6.42 Å². The quantitative estimate of drug-likeness (QED) is 0.477. The molecule has 0 aliphatic heterocycles. The van der Waals surface area contributed by atoms with Gasteiger partial charge in [0.25, 0.3) is 5.56 Å². The second-order valence-electron chi connectivity index (χ2n) is 6.97. The molecular formula is C25H21N3O3. The van der Waals surface area contributed by atoms with Crippen molar-refractivity contribution in [1.29, 1.82) is 0 Å². The fourth-order valence-corrected chi connectivity index (χ4v) is 3.18. The molecule has 4 rings (SSSR count). The molecule has 4 aromatic rings. The molecule has 1 amide bonds. The smallest absolute Gasteiger partial charge is 0.271 e. The Balaban J connectivity index is 1.47. The molecule has 2 aromatic heterocycles. The molecule has 0 atom stereocenters. The van der Waals surface area contributed by atoms with E-state index >= 15 is 0 Å². The number of aromatic nitrogens is 2. The maximum Gasteiger partial charge on any atom is 0.271 e. The Morgan fingerprint density at radius 2 is 1.68 bits per heavy atom. The Labute approximate surface area is 179 Å². The van der Waals surface area contributed by atoms with Gasteiger partial charge in [-0.2, -0.15) is 0 Å². The molecular weight excluding hydrogens is 390 g/mol. The van der Waals surface area contributed by atoms with Crippen molar-refractivity contribution >= 4 is 11.6 Å². The Kier molecular flexibility index (Phi) is 6.18. The number of H-pyrrole nitrogens is 1. The molecule has 0 unspecified atom stereocenters. The maximum absolute atomic E-state index is 12.7. The fourth-order valence-electron chi connectivity index (χ4n) is 3.18. The highest BCUT2D eigenvalue weighted by Crippen LogP contribution is 2.21. The van der Waals surface area contributed by atoms with E-state index in [4.69, 9.17) is 4.74 Å². The first kappa shape index (κ1) is 20.1. The number of anilines is 1. The predicted molar refractivity (Wildman–Crippen MR) is 120 cm³/mol. The Bertz CT molecular complexity index is 1220. The van der Waals surface area contributed by atoms with Gasteiger partial charge in [-0.1, -0.05) is 48.5 Å². The monoisotopic (exact) mass is 411 g/mol. The van der Waals surface area contributed by atoms with Crippen molar-refractivity contribution in [3.05, 3.63) is 113 Å². The van der Waals surface area contributed by atoms with E-state index in [-0.39, 0.29) is 23.6 Å². The summed E-state index contributed by atoms with van der Waals surface area (Å²) in [7, 11) is 0. The van der Waals surface area contributed by atoms with Crippen LogP contribution < -0.4 is 15.6 Å². The lowest BCUT2D eigenvalue weighted by Gasteiger charge is -2.12. The van der Waals surface area contributed by atoms with Crippen LogP contribution in [0.4, 0.5) is 5.69 Å². The Hall–Kier alpha value is -4.19. The SMILES string of the molecule is O=C(Cc1ccccc1OCc1ccccc1)Nc1cc(-c2ccncc2)c[nH]c1=O. The molecule has 0 saturated heterocycles. The van der Waals surface area contributed by atoms with Crippen LogP contribution in [0.1, 0.15) is 11.1 Å². The lowest BCUT2D eigenvalue weighted by molar-refractivity contribution is -0.115. The van der Waals surface area contributed by atoms with Crippen LogP contribution in [0.2, 0.25) is 0 Å². The minimum absolute atomic E-state index is 0.0872. The van der Waals surface area contributed by atoms with E-state index in [2.05, 4.69) is 15.3 Å². The highest BCUT2D eigenvalue weighted by molar-refractivity contribution is 5.93. The van der Waals surface area contributed by atoms with Gasteiger partial charge in [0.1, 0.15) is 18.0 Å². The summed E-state index contributed by atoms with van der Waals surface area (Å²) < 4.78 is 5.92. The van der Waals surface area contributed by atoms with Gasteiger partial charge < -0.3 is 15.0 Å². The van der Waals surface area contributed by atoms with Crippen LogP contribution in [0, 0.1) is 0 Å². The van der Waals surface area contributed by atoms with Crippen LogP contribution in [0.25, 0.3) is 11.1 Å². The summed E-state index contributed by atoms with van der Waals surface area (Å²) in [6, 6.07) is 22.6. The summed E-state index contributed by atoms with van der Waals surface area (Å²) in [5.74, 6) is 0.342. The van der Waals surface area contributed by atoms with Gasteiger partial charge in [0.15, 0.2) is 0 Å². The predicted octanol–water partition coefficient (Wildman–Crippen LogP) is 4.20. The van der Waals surface area contributed by atoms with Crippen molar-refractivity contribution in [1.82, 2.24) is 9.97 Å². The molecule has 2 N–H and O–H groups in total. The van der Waals surface area contributed by atoms with Crippen LogP contribution >= 0.6 is 0 Å². The molecule has 6 heteroatoms. The minimum Gasteiger partial charge on any atom is -0.489 e. The summed E-state index contributed by atoms with van der Waals surface area (Å²) in [5, 5.41) is 2.72. The number of amides is 1. The highest BCUT2D eigenvalue weighted by Gasteiger charge is 2.12. The van der Waals surface area contributed by atoms with Crippen molar-refractivity contribution in [2.24, 2.45) is 0 Å². The van der Waals surface area contributed by atoms with Gasteiger partial charge in [-0.3, -0.25) is 14.6 Å². The molecule has 6 nitrogen and oxygen atoms in total. The van der Waals surface area contributed by atoms with Crippen molar-refractivity contribution in [2.75, 3.05) is 5.32 Å². The highest BCUT2D eigenvalue weighted by atomic mass is 16.5. The summed E-state index contributed by atoms with van der Waals surface area (Å²) in [5.41, 5.74) is 3.30. The zero-order chi connectivity index (χ0) is 21.5. The second-order valence-corrected chi connectivity index (χ2v) is 6.97. The van der Waals surface area contributed by atoms with Crippen LogP contribution in [-0.2, 0) is 17.8 Å². The van der Waals surface area contributed by atoms with Gasteiger partial charge in [0.2, 0.25) is 5.91 Å². The van der Waals surface area contributed by atoms with Crippen molar-refractivity contribution < 1.29 is 9.53 Å². The van der Waals surface area contributed by atoms with Crippen molar-refractivity contribution in [2.45, 2.75) is 13.0 Å². The number of benzene rings is 2. The number of para-hydroxylation sites is 1. The van der Waals surface area contributed by atoms with E-state index in [1.807, 2.05) is 66.7 Å². The van der Waals surface area contributed by atoms with Crippen LogP contribution in [0.15, 0.2) is 96.2 Å². The molecule has 0 bridgehead atoms. The molecule has 0 radical (unpaired) electrons. The molecule has 0 aliphatic rings. The third-order valence-corrected chi connectivity index (χ3v) is 4.75. The number of nitrogens with zero attached hydrogens (tertiary/aromatic N) is 1. The zero-order valence-corrected chi connectivity index (χ0v) is 16.7. The summed E-state index contributed by atoms with van der Waals surface area (Å²) in [6.07, 6.45) is 5.04. The van der Waals surface area contributed by atoms with E-state index in [0.29, 0.717) is 12.4 Å². The number of nitrogens with one attached hydrogen (secondary N) is 2. The first-order valence-corrected chi connectivity index (χ1v) is 9.86. The van der Waals surface area contributed by atoms with Crippen molar-refractivity contribution in [3.63, 3.8) is 0 Å². The molecule has 0 spiro atoms. The number of hydrogen-bond acceptors (Lipinski definition) is 4. The first-order valence-electron chi connectivity index (χ1n) is 9.86. The number of rotatable bonds is 7. The standard InChI is InChI=1S/C25H21N3O3/c29-24(28-22-14-21(16-27-25(22)30)19-10-12-26-13-11-19)15-20-8-4-5-9-23(20)31-17-18-6-2-1-3-7-18/h1-14,16H,15,17H2,(H,27,30)(H,28,29). The zero-order valence-electron chi connectivity index (χ0n) is 16.7. The first-order chi connectivity index (χ1) is 15.2. The topological polar surface area (TPSA) is 84.1 Å². The van der Waals surface area contributed by atoms with Crippen LogP contribution in [-0.4, -0.2) is 15.9 Å². The van der Waals surface area contributed by atoms with Gasteiger partial charge >= 0.3 is 0 Å². The number of pyridine rings is 2. The summed E-state index contributed by atoms with van der Waals surface area (Å²) in [6.45, 7) is 0.410.